The van der Waals surface area contributed by atoms with Gasteiger partial charge in [0.2, 0.25) is 11.9 Å². The van der Waals surface area contributed by atoms with Crippen molar-refractivity contribution in [2.24, 2.45) is 10.4 Å². The third-order valence-electron chi connectivity index (χ3n) is 7.31. The highest BCUT2D eigenvalue weighted by Gasteiger charge is 2.38. The van der Waals surface area contributed by atoms with Crippen LogP contribution in [0.4, 0.5) is 9.59 Å². The fourth-order valence-corrected chi connectivity index (χ4v) is 5.21. The number of piperidine rings is 1. The summed E-state index contributed by atoms with van der Waals surface area (Å²) in [6, 6.07) is 1.50. The van der Waals surface area contributed by atoms with Gasteiger partial charge in [0, 0.05) is 39.0 Å². The van der Waals surface area contributed by atoms with Crippen molar-refractivity contribution in [2.75, 3.05) is 39.4 Å². The van der Waals surface area contributed by atoms with Crippen LogP contribution in [0.5, 0.6) is 0 Å². The number of amides is 3. The molecule has 2 heterocycles. The molecule has 0 bridgehead atoms. The van der Waals surface area contributed by atoms with E-state index in [-0.39, 0.29) is 29.5 Å². The van der Waals surface area contributed by atoms with Gasteiger partial charge in [-0.15, -0.1) is 0 Å². The number of guanidine groups is 1. The molecule has 2 N–H and O–H groups in total. The number of carbonyl (C=O) groups is 3. The van der Waals surface area contributed by atoms with Crippen molar-refractivity contribution in [3.05, 3.63) is 0 Å². The third kappa shape index (κ3) is 10.4. The monoisotopic (exact) mass is 576 g/mol. The minimum atomic E-state index is -0.873. The lowest BCUT2D eigenvalue weighted by molar-refractivity contribution is -0.124. The van der Waals surface area contributed by atoms with Crippen LogP contribution in [0.2, 0.25) is 0 Å². The number of hydrogen-bond acceptors (Lipinski definition) is 8. The summed E-state index contributed by atoms with van der Waals surface area (Å²) in [6.07, 6.45) is 3.02. The molecule has 1 unspecified atom stereocenters. The first-order valence-corrected chi connectivity index (χ1v) is 14.8. The number of hydrogen-bond donors (Lipinski definition) is 2. The maximum absolute atomic E-state index is 13.5. The molecule has 3 aliphatic rings. The summed E-state index contributed by atoms with van der Waals surface area (Å²) in [5.74, 6) is -0.0647. The van der Waals surface area contributed by atoms with Gasteiger partial charge >= 0.3 is 12.2 Å². The average Bonchev–Trinajstić information content (AvgIpc) is 3.36. The summed E-state index contributed by atoms with van der Waals surface area (Å²) in [7, 11) is 0. The van der Waals surface area contributed by atoms with Crippen molar-refractivity contribution < 1.29 is 28.6 Å². The smallest absolute Gasteiger partial charge is 0.414 e. The Bertz CT molecular complexity index is 991. The van der Waals surface area contributed by atoms with Gasteiger partial charge in [0.15, 0.2) is 0 Å². The second-order valence-corrected chi connectivity index (χ2v) is 13.4. The molecule has 2 aliphatic heterocycles. The zero-order valence-electron chi connectivity index (χ0n) is 25.6. The minimum absolute atomic E-state index is 0.236. The predicted molar refractivity (Wildman–Crippen MR) is 153 cm³/mol. The first kappa shape index (κ1) is 32.4. The first-order chi connectivity index (χ1) is 19.2. The number of nitrogens with zero attached hydrogens (tertiary/aromatic N) is 4. The van der Waals surface area contributed by atoms with E-state index in [0.717, 1.165) is 12.8 Å². The number of carbonyl (C=O) groups excluding carboxylic acids is 3. The van der Waals surface area contributed by atoms with Crippen LogP contribution < -0.4 is 10.6 Å². The van der Waals surface area contributed by atoms with Crippen molar-refractivity contribution in [1.29, 1.82) is 5.26 Å². The van der Waals surface area contributed by atoms with E-state index in [1.54, 1.807) is 4.90 Å². The van der Waals surface area contributed by atoms with Gasteiger partial charge in [-0.1, -0.05) is 20.8 Å². The Morgan fingerprint density at radius 2 is 1.63 bits per heavy atom. The van der Waals surface area contributed by atoms with Gasteiger partial charge < -0.3 is 29.3 Å². The molecule has 1 atom stereocenters. The Hall–Kier alpha value is -3.07. The van der Waals surface area contributed by atoms with Crippen molar-refractivity contribution in [2.45, 2.75) is 110 Å². The number of rotatable bonds is 5. The summed E-state index contributed by atoms with van der Waals surface area (Å²) in [5.41, 5.74) is -1.68. The average molecular weight is 577 g/mol. The molecule has 230 valence electrons. The number of alkyl carbamates (subject to hydrolysis) is 1. The molecule has 12 heteroatoms. The fourth-order valence-electron chi connectivity index (χ4n) is 5.21. The largest absolute Gasteiger partial charge is 0.446 e. The quantitative estimate of drug-likeness (QED) is 0.373. The maximum atomic E-state index is 13.5. The van der Waals surface area contributed by atoms with E-state index in [9.17, 15) is 19.6 Å². The summed E-state index contributed by atoms with van der Waals surface area (Å²) in [6.45, 7) is 14.3. The van der Waals surface area contributed by atoms with E-state index in [1.807, 2.05) is 46.4 Å². The first-order valence-electron chi connectivity index (χ1n) is 14.8. The second-order valence-electron chi connectivity index (χ2n) is 13.4. The molecule has 0 radical (unpaired) electrons. The Labute approximate surface area is 244 Å². The summed E-state index contributed by atoms with van der Waals surface area (Å²) in [5, 5.41) is 15.6. The van der Waals surface area contributed by atoms with E-state index >= 15 is 0 Å². The molecule has 0 aromatic heterocycles. The normalized spacial score (nSPS) is 21.0. The van der Waals surface area contributed by atoms with E-state index in [2.05, 4.69) is 16.7 Å². The van der Waals surface area contributed by atoms with Crippen LogP contribution in [0, 0.1) is 16.7 Å². The van der Waals surface area contributed by atoms with Crippen molar-refractivity contribution >= 4 is 24.1 Å². The Morgan fingerprint density at radius 1 is 1.02 bits per heavy atom. The molecule has 0 aromatic carbocycles. The second kappa shape index (κ2) is 13.7. The van der Waals surface area contributed by atoms with E-state index in [0.29, 0.717) is 71.5 Å². The van der Waals surface area contributed by atoms with Gasteiger partial charge in [-0.3, -0.25) is 10.1 Å². The number of morpholine rings is 1. The standard InChI is InChI=1S/C29H48N6O6/c1-27(2,3)19-22(23(36)33-29(20-30)11-7-8-12-29)31-24(34-15-17-39-18-16-34)32-25(37)40-21-9-13-35(14-10-21)26(38)41-28(4,5)6/h21-22H,7-19H2,1-6H3,(H,33,36)(H,31,32,37). The van der Waals surface area contributed by atoms with E-state index in [4.69, 9.17) is 19.2 Å². The predicted octanol–water partition coefficient (Wildman–Crippen LogP) is 3.56. The molecule has 41 heavy (non-hydrogen) atoms. The lowest BCUT2D eigenvalue weighted by atomic mass is 9.87. The van der Waals surface area contributed by atoms with Crippen molar-refractivity contribution in [3.8, 4) is 6.07 Å². The van der Waals surface area contributed by atoms with Crippen LogP contribution in [0.1, 0.15) is 86.5 Å². The van der Waals surface area contributed by atoms with Crippen molar-refractivity contribution in [1.82, 2.24) is 20.4 Å². The zero-order chi connectivity index (χ0) is 30.3. The topological polar surface area (TPSA) is 146 Å². The van der Waals surface area contributed by atoms with Crippen molar-refractivity contribution in [3.63, 3.8) is 0 Å². The molecule has 12 nitrogen and oxygen atoms in total. The molecule has 3 amide bonds. The van der Waals surface area contributed by atoms with Crippen LogP contribution in [-0.2, 0) is 19.0 Å². The highest BCUT2D eigenvalue weighted by Crippen LogP contribution is 2.30. The lowest BCUT2D eigenvalue weighted by Crippen LogP contribution is -2.53. The highest BCUT2D eigenvalue weighted by molar-refractivity contribution is 5.96. The lowest BCUT2D eigenvalue weighted by Gasteiger charge is -2.34. The fraction of sp³-hybridized carbons (Fsp3) is 0.828. The number of nitrogens with one attached hydrogen (secondary N) is 2. The van der Waals surface area contributed by atoms with Crippen LogP contribution in [0.3, 0.4) is 0 Å². The maximum Gasteiger partial charge on any atom is 0.414 e. The number of nitriles is 1. The molecule has 3 rings (SSSR count). The number of likely N-dealkylation sites (tertiary alicyclic amines) is 1. The zero-order valence-corrected chi connectivity index (χ0v) is 25.6. The van der Waals surface area contributed by atoms with Crippen LogP contribution in [0.25, 0.3) is 0 Å². The highest BCUT2D eigenvalue weighted by atomic mass is 16.6. The van der Waals surface area contributed by atoms with Gasteiger partial charge in [0.05, 0.1) is 19.3 Å². The van der Waals surface area contributed by atoms with Crippen LogP contribution in [0.15, 0.2) is 4.99 Å². The summed E-state index contributed by atoms with van der Waals surface area (Å²) in [4.78, 5) is 47.2. The summed E-state index contributed by atoms with van der Waals surface area (Å²) < 4.78 is 16.6. The molecule has 2 saturated heterocycles. The Kier molecular flexibility index (Phi) is 10.9. The molecule has 1 aliphatic carbocycles. The Balaban J connectivity index is 1.70. The van der Waals surface area contributed by atoms with E-state index in [1.165, 1.54) is 0 Å². The van der Waals surface area contributed by atoms with Gasteiger partial charge in [0.1, 0.15) is 23.3 Å². The number of ether oxygens (including phenoxy) is 3. The Morgan fingerprint density at radius 3 is 2.17 bits per heavy atom. The van der Waals surface area contributed by atoms with Gasteiger partial charge in [-0.25, -0.2) is 14.6 Å². The molecular formula is C29H48N6O6. The summed E-state index contributed by atoms with van der Waals surface area (Å²) >= 11 is 0. The molecule has 1 saturated carbocycles. The van der Waals surface area contributed by atoms with Gasteiger partial charge in [-0.05, 0) is 58.3 Å². The SMILES string of the molecule is CC(C)(C)CC(N=C(NC(=O)OC1CCN(C(=O)OC(C)(C)C)CC1)N1CCOCC1)C(=O)NC1(C#N)CCCC1. The molecule has 0 aromatic rings. The molecular weight excluding hydrogens is 528 g/mol. The minimum Gasteiger partial charge on any atom is -0.446 e. The van der Waals surface area contributed by atoms with Gasteiger partial charge in [0.25, 0.3) is 0 Å². The van der Waals surface area contributed by atoms with Gasteiger partial charge in [-0.2, -0.15) is 5.26 Å². The molecule has 0 spiro atoms. The third-order valence-corrected chi connectivity index (χ3v) is 7.31. The van der Waals surface area contributed by atoms with Crippen LogP contribution >= 0.6 is 0 Å². The molecule has 3 fully saturated rings. The number of aliphatic imine (C=N–C) groups is 1. The van der Waals surface area contributed by atoms with E-state index < -0.39 is 23.3 Å². The van der Waals surface area contributed by atoms with Crippen LogP contribution in [-0.4, -0.2) is 96.5 Å².